The molecular weight excluding hydrogens is 298 g/mol. The van der Waals surface area contributed by atoms with E-state index in [1.165, 1.54) is 4.90 Å². The first kappa shape index (κ1) is 15.6. The Morgan fingerprint density at radius 3 is 3.04 bits per heavy atom. The molecule has 7 nitrogen and oxygen atoms in total. The van der Waals surface area contributed by atoms with Crippen molar-refractivity contribution in [2.24, 2.45) is 0 Å². The molecule has 1 fully saturated rings. The van der Waals surface area contributed by atoms with Gasteiger partial charge in [-0.1, -0.05) is 0 Å². The van der Waals surface area contributed by atoms with E-state index in [4.69, 9.17) is 9.47 Å². The van der Waals surface area contributed by atoms with Gasteiger partial charge in [-0.15, -0.1) is 0 Å². The van der Waals surface area contributed by atoms with Crippen molar-refractivity contribution in [1.82, 2.24) is 15.5 Å². The maximum atomic E-state index is 11.6. The Hall–Kier alpha value is -2.28. The minimum Gasteiger partial charge on any atom is -0.497 e. The van der Waals surface area contributed by atoms with Gasteiger partial charge in [-0.3, -0.25) is 9.69 Å². The van der Waals surface area contributed by atoms with Crippen molar-refractivity contribution in [2.75, 3.05) is 33.4 Å². The van der Waals surface area contributed by atoms with Gasteiger partial charge in [0.25, 0.3) is 0 Å². The second-order valence-corrected chi connectivity index (χ2v) is 5.61. The number of amides is 3. The molecule has 124 valence electrons. The summed E-state index contributed by atoms with van der Waals surface area (Å²) in [7, 11) is 1.64. The number of hydrogen-bond acceptors (Lipinski definition) is 5. The number of ether oxygens (including phenoxy) is 2. The number of nitrogens with zero attached hydrogens (tertiary/aromatic N) is 1. The van der Waals surface area contributed by atoms with E-state index >= 15 is 0 Å². The van der Waals surface area contributed by atoms with Crippen LogP contribution in [0.3, 0.4) is 0 Å². The van der Waals surface area contributed by atoms with E-state index < -0.39 is 0 Å². The van der Waals surface area contributed by atoms with Crippen LogP contribution in [0.4, 0.5) is 4.79 Å². The van der Waals surface area contributed by atoms with Crippen LogP contribution in [0.15, 0.2) is 18.2 Å². The zero-order valence-corrected chi connectivity index (χ0v) is 13.1. The Morgan fingerprint density at radius 1 is 1.43 bits per heavy atom. The average Bonchev–Trinajstić information content (AvgIpc) is 2.77. The second kappa shape index (κ2) is 6.87. The van der Waals surface area contributed by atoms with Crippen LogP contribution in [0, 0.1) is 0 Å². The van der Waals surface area contributed by atoms with Crippen LogP contribution in [0.5, 0.6) is 11.5 Å². The molecule has 0 spiro atoms. The summed E-state index contributed by atoms with van der Waals surface area (Å²) < 4.78 is 11.1. The molecule has 1 aromatic carbocycles. The number of fused-ring (bicyclic) bond motifs is 1. The highest BCUT2D eigenvalue weighted by Crippen LogP contribution is 2.34. The largest absolute Gasteiger partial charge is 0.497 e. The van der Waals surface area contributed by atoms with Gasteiger partial charge in [0.15, 0.2) is 0 Å². The highest BCUT2D eigenvalue weighted by atomic mass is 16.5. The maximum Gasteiger partial charge on any atom is 0.324 e. The molecule has 3 rings (SSSR count). The van der Waals surface area contributed by atoms with Crippen LogP contribution in [-0.4, -0.2) is 50.2 Å². The van der Waals surface area contributed by atoms with Gasteiger partial charge in [0.05, 0.1) is 20.3 Å². The number of rotatable bonds is 5. The number of methoxy groups -OCH3 is 1. The molecule has 7 heteroatoms. The Balaban J connectivity index is 1.66. The lowest BCUT2D eigenvalue weighted by Gasteiger charge is -2.20. The quantitative estimate of drug-likeness (QED) is 0.793. The van der Waals surface area contributed by atoms with E-state index in [1.807, 2.05) is 18.2 Å². The highest BCUT2D eigenvalue weighted by Gasteiger charge is 2.28. The first-order valence-corrected chi connectivity index (χ1v) is 7.81. The molecule has 1 saturated heterocycles. The molecule has 0 unspecified atom stereocenters. The fraction of sp³-hybridized carbons (Fsp3) is 0.500. The van der Waals surface area contributed by atoms with Crippen molar-refractivity contribution in [2.45, 2.75) is 18.9 Å². The van der Waals surface area contributed by atoms with Crippen molar-refractivity contribution >= 4 is 11.9 Å². The molecule has 2 aliphatic heterocycles. The van der Waals surface area contributed by atoms with Crippen LogP contribution < -0.4 is 20.1 Å². The Morgan fingerprint density at radius 2 is 2.30 bits per heavy atom. The van der Waals surface area contributed by atoms with Gasteiger partial charge in [0, 0.05) is 24.7 Å². The lowest BCUT2D eigenvalue weighted by Crippen LogP contribution is -2.38. The number of urea groups is 1. The summed E-state index contributed by atoms with van der Waals surface area (Å²) in [4.78, 5) is 24.4. The normalized spacial score (nSPS) is 20.6. The molecule has 1 atom stereocenters. The minimum absolute atomic E-state index is 0.0934. The Bertz CT molecular complexity index is 589. The van der Waals surface area contributed by atoms with Crippen LogP contribution in [-0.2, 0) is 4.79 Å². The Labute approximate surface area is 134 Å². The number of hydrogen-bond donors (Lipinski definition) is 2. The van der Waals surface area contributed by atoms with E-state index in [0.29, 0.717) is 19.7 Å². The SMILES string of the molecule is COc1ccc2c(c1)[C@@H](NCCN1C(=O)CNC1=O)CCCO2. The minimum atomic E-state index is -0.317. The summed E-state index contributed by atoms with van der Waals surface area (Å²) >= 11 is 0. The third-order valence-corrected chi connectivity index (χ3v) is 4.15. The monoisotopic (exact) mass is 319 g/mol. The summed E-state index contributed by atoms with van der Waals surface area (Å²) in [5.41, 5.74) is 1.05. The summed E-state index contributed by atoms with van der Waals surface area (Å²) in [5.74, 6) is 1.47. The lowest BCUT2D eigenvalue weighted by atomic mass is 10.0. The fourth-order valence-corrected chi connectivity index (χ4v) is 2.93. The molecule has 3 amide bonds. The molecule has 2 heterocycles. The van der Waals surface area contributed by atoms with Gasteiger partial charge >= 0.3 is 6.03 Å². The van der Waals surface area contributed by atoms with Gasteiger partial charge < -0.3 is 20.1 Å². The molecule has 2 N–H and O–H groups in total. The zero-order valence-electron chi connectivity index (χ0n) is 13.1. The predicted molar refractivity (Wildman–Crippen MR) is 83.6 cm³/mol. The van der Waals surface area contributed by atoms with Gasteiger partial charge in [0.2, 0.25) is 5.91 Å². The van der Waals surface area contributed by atoms with E-state index in [-0.39, 0.29) is 24.5 Å². The number of carbonyl (C=O) groups is 2. The number of imide groups is 1. The smallest absolute Gasteiger partial charge is 0.324 e. The topological polar surface area (TPSA) is 79.9 Å². The number of carbonyl (C=O) groups excluding carboxylic acids is 2. The van der Waals surface area contributed by atoms with E-state index in [1.54, 1.807) is 7.11 Å². The molecule has 1 aromatic rings. The molecule has 0 saturated carbocycles. The van der Waals surface area contributed by atoms with Gasteiger partial charge in [0.1, 0.15) is 11.5 Å². The van der Waals surface area contributed by atoms with Crippen LogP contribution in [0.1, 0.15) is 24.4 Å². The van der Waals surface area contributed by atoms with Gasteiger partial charge in [-0.25, -0.2) is 4.79 Å². The van der Waals surface area contributed by atoms with Gasteiger partial charge in [-0.05, 0) is 31.0 Å². The van der Waals surface area contributed by atoms with Crippen molar-refractivity contribution in [1.29, 1.82) is 0 Å². The molecule has 0 aromatic heterocycles. The average molecular weight is 319 g/mol. The number of nitrogens with one attached hydrogen (secondary N) is 2. The van der Waals surface area contributed by atoms with Crippen molar-refractivity contribution < 1.29 is 19.1 Å². The molecule has 23 heavy (non-hydrogen) atoms. The third-order valence-electron chi connectivity index (χ3n) is 4.15. The molecule has 0 aliphatic carbocycles. The fourth-order valence-electron chi connectivity index (χ4n) is 2.93. The summed E-state index contributed by atoms with van der Waals surface area (Å²) in [6.45, 7) is 1.68. The molecule has 2 aliphatic rings. The van der Waals surface area contributed by atoms with Crippen molar-refractivity contribution in [3.8, 4) is 11.5 Å². The zero-order chi connectivity index (χ0) is 16.2. The van der Waals surface area contributed by atoms with Crippen molar-refractivity contribution in [3.05, 3.63) is 23.8 Å². The molecular formula is C16H21N3O4. The van der Waals surface area contributed by atoms with E-state index in [0.717, 1.165) is 29.9 Å². The standard InChI is InChI=1S/C16H21N3O4/c1-22-11-4-5-14-12(9-11)13(3-2-8-23-14)17-6-7-19-15(20)10-18-16(19)21/h4-5,9,13,17H,2-3,6-8,10H2,1H3,(H,18,21)/t13-/m0/s1. The summed E-state index contributed by atoms with van der Waals surface area (Å²) in [6.07, 6.45) is 1.87. The summed E-state index contributed by atoms with van der Waals surface area (Å²) in [5, 5.41) is 5.95. The number of benzene rings is 1. The van der Waals surface area contributed by atoms with Crippen LogP contribution in [0.2, 0.25) is 0 Å². The molecule has 0 radical (unpaired) electrons. The first-order chi connectivity index (χ1) is 11.2. The van der Waals surface area contributed by atoms with Gasteiger partial charge in [-0.2, -0.15) is 0 Å². The second-order valence-electron chi connectivity index (χ2n) is 5.61. The van der Waals surface area contributed by atoms with Crippen molar-refractivity contribution in [3.63, 3.8) is 0 Å². The Kier molecular flexibility index (Phi) is 4.66. The predicted octanol–water partition coefficient (Wildman–Crippen LogP) is 1.05. The first-order valence-electron chi connectivity index (χ1n) is 7.81. The third kappa shape index (κ3) is 3.39. The highest BCUT2D eigenvalue weighted by molar-refractivity contribution is 6.01. The van der Waals surface area contributed by atoms with Crippen LogP contribution in [0.25, 0.3) is 0 Å². The molecule has 0 bridgehead atoms. The van der Waals surface area contributed by atoms with E-state index in [9.17, 15) is 9.59 Å². The lowest BCUT2D eigenvalue weighted by molar-refractivity contribution is -0.124. The summed E-state index contributed by atoms with van der Waals surface area (Å²) in [6, 6.07) is 5.58. The van der Waals surface area contributed by atoms with Crippen LogP contribution >= 0.6 is 0 Å². The van der Waals surface area contributed by atoms with E-state index in [2.05, 4.69) is 10.6 Å². The maximum absolute atomic E-state index is 11.6.